The molecule has 0 heterocycles. The number of hydrogen-bond donors (Lipinski definition) is 2. The molecule has 0 aromatic rings. The van der Waals surface area contributed by atoms with Gasteiger partial charge in [0.2, 0.25) is 0 Å². The predicted octanol–water partition coefficient (Wildman–Crippen LogP) is -0.202. The Hall–Kier alpha value is -0.220. The van der Waals surface area contributed by atoms with E-state index < -0.39 is 0 Å². The number of hydrogen-bond acceptors (Lipinski definition) is 3. The first kappa shape index (κ1) is 6.78. The fourth-order valence-electron chi connectivity index (χ4n) is 0.150. The zero-order valence-corrected chi connectivity index (χ0v) is 5.25. The second kappa shape index (κ2) is 3.95. The minimum Gasteiger partial charge on any atom is -0.378 e. The summed E-state index contributed by atoms with van der Waals surface area (Å²) in [5, 5.41) is 0.558. The smallest absolute Gasteiger partial charge is 0.168 e. The van der Waals surface area contributed by atoms with Crippen molar-refractivity contribution in [3.63, 3.8) is 0 Å². The van der Waals surface area contributed by atoms with Crippen molar-refractivity contribution in [1.82, 2.24) is 4.72 Å². The van der Waals surface area contributed by atoms with E-state index in [2.05, 4.69) is 9.71 Å². The SMILES string of the molecule is CN=C(N)SNC. The molecule has 0 saturated carbocycles. The molecule has 0 aromatic heterocycles. The van der Waals surface area contributed by atoms with Crippen LogP contribution in [-0.4, -0.2) is 19.3 Å². The van der Waals surface area contributed by atoms with E-state index in [9.17, 15) is 0 Å². The average Bonchev–Trinajstić information content (AvgIpc) is 1.68. The molecule has 7 heavy (non-hydrogen) atoms. The highest BCUT2D eigenvalue weighted by atomic mass is 32.2. The summed E-state index contributed by atoms with van der Waals surface area (Å²) in [7, 11) is 3.45. The van der Waals surface area contributed by atoms with Gasteiger partial charge in [-0.2, -0.15) is 0 Å². The zero-order chi connectivity index (χ0) is 5.70. The zero-order valence-electron chi connectivity index (χ0n) is 4.43. The first-order chi connectivity index (χ1) is 3.31. The minimum absolute atomic E-state index is 0.558. The molecule has 0 rings (SSSR count). The second-order valence-electron chi connectivity index (χ2n) is 0.868. The molecule has 0 fully saturated rings. The van der Waals surface area contributed by atoms with Crippen molar-refractivity contribution in [2.45, 2.75) is 0 Å². The van der Waals surface area contributed by atoms with Crippen molar-refractivity contribution < 1.29 is 0 Å². The Bertz CT molecular complexity index is 70.6. The number of aliphatic imine (C=N–C) groups is 1. The third-order valence-corrected chi connectivity index (χ3v) is 1.02. The van der Waals surface area contributed by atoms with Crippen LogP contribution in [0.1, 0.15) is 0 Å². The van der Waals surface area contributed by atoms with Gasteiger partial charge in [0.15, 0.2) is 5.17 Å². The highest BCUT2D eigenvalue weighted by Crippen LogP contribution is 1.86. The highest BCUT2D eigenvalue weighted by Gasteiger charge is 1.82. The van der Waals surface area contributed by atoms with Gasteiger partial charge in [-0.3, -0.25) is 9.71 Å². The summed E-state index contributed by atoms with van der Waals surface area (Å²) in [6.07, 6.45) is 0. The van der Waals surface area contributed by atoms with Gasteiger partial charge in [0.25, 0.3) is 0 Å². The van der Waals surface area contributed by atoms with Crippen LogP contribution < -0.4 is 10.5 Å². The summed E-state index contributed by atoms with van der Waals surface area (Å²) >= 11 is 1.31. The van der Waals surface area contributed by atoms with Crippen molar-refractivity contribution >= 4 is 17.1 Å². The normalized spacial score (nSPS) is 12.0. The van der Waals surface area contributed by atoms with Crippen LogP contribution in [0.15, 0.2) is 4.99 Å². The number of nitrogens with one attached hydrogen (secondary N) is 1. The molecule has 0 aliphatic carbocycles. The van der Waals surface area contributed by atoms with Gasteiger partial charge in [-0.15, -0.1) is 0 Å². The molecular formula is C3H9N3S. The van der Waals surface area contributed by atoms with Crippen LogP contribution in [0.4, 0.5) is 0 Å². The van der Waals surface area contributed by atoms with Crippen LogP contribution in [0.25, 0.3) is 0 Å². The Labute approximate surface area is 47.5 Å². The van der Waals surface area contributed by atoms with E-state index in [-0.39, 0.29) is 0 Å². The van der Waals surface area contributed by atoms with E-state index in [1.807, 2.05) is 0 Å². The number of nitrogens with zero attached hydrogens (tertiary/aromatic N) is 1. The fraction of sp³-hybridized carbons (Fsp3) is 0.667. The van der Waals surface area contributed by atoms with Crippen LogP contribution >= 0.6 is 11.9 Å². The lowest BCUT2D eigenvalue weighted by atomic mass is 11.3. The standard InChI is InChI=1S/C3H9N3S/c1-5-3(4)7-6-2/h6H,1-2H3,(H2,4,5). The van der Waals surface area contributed by atoms with Gasteiger partial charge in [-0.1, -0.05) is 0 Å². The monoisotopic (exact) mass is 119 g/mol. The molecular weight excluding hydrogens is 110 g/mol. The van der Waals surface area contributed by atoms with Gasteiger partial charge < -0.3 is 5.73 Å². The summed E-state index contributed by atoms with van der Waals surface area (Å²) in [5.41, 5.74) is 5.23. The largest absolute Gasteiger partial charge is 0.378 e. The van der Waals surface area contributed by atoms with Gasteiger partial charge >= 0.3 is 0 Å². The molecule has 0 unspecified atom stereocenters. The maximum Gasteiger partial charge on any atom is 0.168 e. The summed E-state index contributed by atoms with van der Waals surface area (Å²) < 4.78 is 2.78. The van der Waals surface area contributed by atoms with Crippen LogP contribution in [0.5, 0.6) is 0 Å². The van der Waals surface area contributed by atoms with Gasteiger partial charge in [-0.05, 0) is 19.0 Å². The molecule has 4 heteroatoms. The predicted molar refractivity (Wildman–Crippen MR) is 34.2 cm³/mol. The van der Waals surface area contributed by atoms with Crippen LogP contribution in [0.2, 0.25) is 0 Å². The number of nitrogens with two attached hydrogens (primary N) is 1. The van der Waals surface area contributed by atoms with Gasteiger partial charge in [-0.25, -0.2) is 0 Å². The Kier molecular flexibility index (Phi) is 3.83. The lowest BCUT2D eigenvalue weighted by molar-refractivity contribution is 1.30. The molecule has 0 aliphatic rings. The Morgan fingerprint density at radius 1 is 1.86 bits per heavy atom. The molecule has 3 nitrogen and oxygen atoms in total. The quantitative estimate of drug-likeness (QED) is 0.285. The molecule has 0 saturated heterocycles. The Balaban J connectivity index is 3.17. The van der Waals surface area contributed by atoms with E-state index in [1.54, 1.807) is 14.1 Å². The molecule has 0 radical (unpaired) electrons. The highest BCUT2D eigenvalue weighted by molar-refractivity contribution is 8.12. The summed E-state index contributed by atoms with van der Waals surface area (Å²) in [6, 6.07) is 0. The first-order valence-corrected chi connectivity index (χ1v) is 2.68. The first-order valence-electron chi connectivity index (χ1n) is 1.87. The van der Waals surface area contributed by atoms with E-state index in [1.165, 1.54) is 11.9 Å². The fourth-order valence-corrected chi connectivity index (χ4v) is 0.451. The van der Waals surface area contributed by atoms with E-state index in [0.29, 0.717) is 5.17 Å². The lowest BCUT2D eigenvalue weighted by Gasteiger charge is -1.91. The lowest BCUT2D eigenvalue weighted by Crippen LogP contribution is -2.10. The van der Waals surface area contributed by atoms with Crippen molar-refractivity contribution in [2.24, 2.45) is 10.7 Å². The van der Waals surface area contributed by atoms with Crippen LogP contribution in [0, 0.1) is 0 Å². The summed E-state index contributed by atoms with van der Waals surface area (Å²) in [4.78, 5) is 3.67. The van der Waals surface area contributed by atoms with E-state index in [4.69, 9.17) is 5.73 Å². The minimum atomic E-state index is 0.558. The van der Waals surface area contributed by atoms with Gasteiger partial charge in [0.05, 0.1) is 0 Å². The van der Waals surface area contributed by atoms with Gasteiger partial charge in [0, 0.05) is 7.05 Å². The molecule has 42 valence electrons. The van der Waals surface area contributed by atoms with Crippen molar-refractivity contribution in [3.05, 3.63) is 0 Å². The molecule has 0 bridgehead atoms. The van der Waals surface area contributed by atoms with E-state index in [0.717, 1.165) is 0 Å². The Morgan fingerprint density at radius 3 is 2.57 bits per heavy atom. The third kappa shape index (κ3) is 3.61. The van der Waals surface area contributed by atoms with Crippen LogP contribution in [0.3, 0.4) is 0 Å². The number of rotatable bonds is 1. The molecule has 0 atom stereocenters. The molecule has 3 N–H and O–H groups in total. The number of amidine groups is 1. The Morgan fingerprint density at radius 2 is 2.43 bits per heavy atom. The third-order valence-electron chi connectivity index (χ3n) is 0.427. The summed E-state index contributed by atoms with van der Waals surface area (Å²) in [6.45, 7) is 0. The molecule has 0 amide bonds. The second-order valence-corrected chi connectivity index (χ2v) is 1.90. The topological polar surface area (TPSA) is 50.4 Å². The molecule has 0 aromatic carbocycles. The maximum absolute atomic E-state index is 5.23. The maximum atomic E-state index is 5.23. The van der Waals surface area contributed by atoms with Gasteiger partial charge in [0.1, 0.15) is 0 Å². The van der Waals surface area contributed by atoms with Crippen LogP contribution in [-0.2, 0) is 0 Å². The molecule has 0 spiro atoms. The average molecular weight is 119 g/mol. The van der Waals surface area contributed by atoms with E-state index >= 15 is 0 Å². The van der Waals surface area contributed by atoms with Crippen molar-refractivity contribution in [3.8, 4) is 0 Å². The van der Waals surface area contributed by atoms with Crippen molar-refractivity contribution in [2.75, 3.05) is 14.1 Å². The molecule has 0 aliphatic heterocycles. The van der Waals surface area contributed by atoms with Crippen molar-refractivity contribution in [1.29, 1.82) is 0 Å². The summed E-state index contributed by atoms with van der Waals surface area (Å²) in [5.74, 6) is 0.